The molecule has 1 N–H and O–H groups in total. The minimum atomic E-state index is -1.04. The van der Waals surface area contributed by atoms with E-state index in [1.807, 2.05) is 13.0 Å². The number of aliphatic carboxylic acids is 1. The standard InChI is InChI=1S/C13H17N5O3/c1-3-17-10(4-6-14-17)8-16(2)13(21)11-5-7-15-18(11)9-12(19)20/h4-7H,3,8-9H2,1-2H3,(H,19,20). The van der Waals surface area contributed by atoms with E-state index in [9.17, 15) is 9.59 Å². The van der Waals surface area contributed by atoms with Gasteiger partial charge in [-0.3, -0.25) is 14.3 Å². The third-order valence-electron chi connectivity index (χ3n) is 3.07. The number of carbonyl (C=O) groups excluding carboxylic acids is 1. The lowest BCUT2D eigenvalue weighted by Crippen LogP contribution is -2.30. The molecule has 8 heteroatoms. The lowest BCUT2D eigenvalue weighted by Gasteiger charge is -2.18. The first-order chi connectivity index (χ1) is 10.0. The summed E-state index contributed by atoms with van der Waals surface area (Å²) in [4.78, 5) is 24.6. The van der Waals surface area contributed by atoms with Crippen LogP contribution in [-0.4, -0.2) is 48.5 Å². The maximum absolute atomic E-state index is 12.4. The van der Waals surface area contributed by atoms with Crippen LogP contribution in [0.15, 0.2) is 24.5 Å². The number of carboxylic acid groups (broad SMARTS) is 1. The molecule has 2 aromatic rings. The van der Waals surface area contributed by atoms with Crippen LogP contribution in [0, 0.1) is 0 Å². The van der Waals surface area contributed by atoms with Crippen LogP contribution in [0.4, 0.5) is 0 Å². The molecule has 0 bridgehead atoms. The molecule has 0 aromatic carbocycles. The second-order valence-corrected chi connectivity index (χ2v) is 4.57. The van der Waals surface area contributed by atoms with E-state index in [0.717, 1.165) is 12.2 Å². The normalized spacial score (nSPS) is 10.6. The van der Waals surface area contributed by atoms with Gasteiger partial charge < -0.3 is 10.0 Å². The van der Waals surface area contributed by atoms with Crippen LogP contribution in [0.2, 0.25) is 0 Å². The topological polar surface area (TPSA) is 93.3 Å². The number of rotatable bonds is 6. The van der Waals surface area contributed by atoms with E-state index in [1.54, 1.807) is 17.9 Å². The Morgan fingerprint density at radius 3 is 2.57 bits per heavy atom. The molecule has 0 aliphatic carbocycles. The summed E-state index contributed by atoms with van der Waals surface area (Å²) in [6.45, 7) is 2.75. The monoisotopic (exact) mass is 291 g/mol. The third-order valence-corrected chi connectivity index (χ3v) is 3.07. The zero-order valence-corrected chi connectivity index (χ0v) is 11.9. The smallest absolute Gasteiger partial charge is 0.325 e. The van der Waals surface area contributed by atoms with Crippen LogP contribution < -0.4 is 0 Å². The fourth-order valence-corrected chi connectivity index (χ4v) is 2.06. The number of aryl methyl sites for hydroxylation is 1. The quantitative estimate of drug-likeness (QED) is 0.834. The van der Waals surface area contributed by atoms with Crippen LogP contribution >= 0.6 is 0 Å². The highest BCUT2D eigenvalue weighted by atomic mass is 16.4. The lowest BCUT2D eigenvalue weighted by atomic mass is 10.3. The van der Waals surface area contributed by atoms with Crippen molar-refractivity contribution >= 4 is 11.9 Å². The van der Waals surface area contributed by atoms with E-state index >= 15 is 0 Å². The Morgan fingerprint density at radius 2 is 1.90 bits per heavy atom. The number of carboxylic acids is 1. The Kier molecular flexibility index (Phi) is 4.36. The van der Waals surface area contributed by atoms with Crippen molar-refractivity contribution in [2.24, 2.45) is 0 Å². The van der Waals surface area contributed by atoms with Crippen LogP contribution in [0.1, 0.15) is 23.1 Å². The van der Waals surface area contributed by atoms with Gasteiger partial charge in [-0.05, 0) is 19.1 Å². The molecule has 2 aromatic heterocycles. The fraction of sp³-hybridized carbons (Fsp3) is 0.385. The molecular weight excluding hydrogens is 274 g/mol. The molecule has 0 radical (unpaired) electrons. The van der Waals surface area contributed by atoms with Gasteiger partial charge in [-0.15, -0.1) is 0 Å². The average Bonchev–Trinajstić information content (AvgIpc) is 3.06. The average molecular weight is 291 g/mol. The molecule has 0 spiro atoms. The Labute approximate surface area is 121 Å². The van der Waals surface area contributed by atoms with Crippen molar-refractivity contribution in [2.75, 3.05) is 7.05 Å². The summed E-state index contributed by atoms with van der Waals surface area (Å²) < 4.78 is 2.98. The van der Waals surface area contributed by atoms with E-state index in [4.69, 9.17) is 5.11 Å². The molecule has 1 amide bonds. The highest BCUT2D eigenvalue weighted by Gasteiger charge is 2.19. The Bertz CT molecular complexity index is 646. The highest BCUT2D eigenvalue weighted by molar-refractivity contribution is 5.92. The fourth-order valence-electron chi connectivity index (χ4n) is 2.06. The number of carbonyl (C=O) groups is 2. The molecule has 0 unspecified atom stereocenters. The molecule has 0 aliphatic heterocycles. The second kappa shape index (κ2) is 6.21. The van der Waals surface area contributed by atoms with Crippen LogP contribution in [0.25, 0.3) is 0 Å². The highest BCUT2D eigenvalue weighted by Crippen LogP contribution is 2.08. The minimum Gasteiger partial charge on any atom is -0.480 e. The predicted octanol–water partition coefficient (Wildman–Crippen LogP) is 0.456. The van der Waals surface area contributed by atoms with Crippen molar-refractivity contribution in [3.8, 4) is 0 Å². The molecular formula is C13H17N5O3. The van der Waals surface area contributed by atoms with Crippen molar-refractivity contribution in [3.05, 3.63) is 35.9 Å². The van der Waals surface area contributed by atoms with Gasteiger partial charge in [0.25, 0.3) is 5.91 Å². The van der Waals surface area contributed by atoms with Crippen molar-refractivity contribution in [2.45, 2.75) is 26.6 Å². The first kappa shape index (κ1) is 14.8. The van der Waals surface area contributed by atoms with Gasteiger partial charge in [0, 0.05) is 26.0 Å². The van der Waals surface area contributed by atoms with Gasteiger partial charge in [0.1, 0.15) is 12.2 Å². The molecule has 0 saturated carbocycles. The Morgan fingerprint density at radius 1 is 1.24 bits per heavy atom. The van der Waals surface area contributed by atoms with E-state index in [0.29, 0.717) is 6.54 Å². The van der Waals surface area contributed by atoms with Crippen molar-refractivity contribution in [1.29, 1.82) is 0 Å². The summed E-state index contributed by atoms with van der Waals surface area (Å²) in [7, 11) is 1.66. The molecule has 0 atom stereocenters. The molecule has 2 heterocycles. The minimum absolute atomic E-state index is 0.252. The van der Waals surface area contributed by atoms with Gasteiger partial charge in [0.15, 0.2) is 0 Å². The molecule has 112 valence electrons. The zero-order valence-electron chi connectivity index (χ0n) is 11.9. The summed E-state index contributed by atoms with van der Waals surface area (Å²) >= 11 is 0. The molecule has 0 saturated heterocycles. The second-order valence-electron chi connectivity index (χ2n) is 4.57. The van der Waals surface area contributed by atoms with Gasteiger partial charge in [-0.1, -0.05) is 0 Å². The molecule has 21 heavy (non-hydrogen) atoms. The largest absolute Gasteiger partial charge is 0.480 e. The summed E-state index contributed by atoms with van der Waals surface area (Å²) in [6.07, 6.45) is 3.10. The number of amides is 1. The van der Waals surface area contributed by atoms with E-state index in [1.165, 1.54) is 21.8 Å². The summed E-state index contributed by atoms with van der Waals surface area (Å²) in [5, 5.41) is 16.8. The third kappa shape index (κ3) is 3.28. The Balaban J connectivity index is 2.12. The van der Waals surface area contributed by atoms with Crippen LogP contribution in [-0.2, 0) is 24.4 Å². The number of hydrogen-bond donors (Lipinski definition) is 1. The number of aromatic nitrogens is 4. The predicted molar refractivity (Wildman–Crippen MR) is 73.6 cm³/mol. The van der Waals surface area contributed by atoms with Crippen molar-refractivity contribution in [3.63, 3.8) is 0 Å². The summed E-state index contributed by atoms with van der Waals surface area (Å²) in [5.41, 5.74) is 1.17. The maximum Gasteiger partial charge on any atom is 0.325 e. The van der Waals surface area contributed by atoms with Gasteiger partial charge in [0.2, 0.25) is 0 Å². The molecule has 8 nitrogen and oxygen atoms in total. The van der Waals surface area contributed by atoms with Crippen molar-refractivity contribution in [1.82, 2.24) is 24.5 Å². The van der Waals surface area contributed by atoms with Crippen molar-refractivity contribution < 1.29 is 14.7 Å². The zero-order chi connectivity index (χ0) is 15.4. The molecule has 0 fully saturated rings. The summed E-state index contributed by atoms with van der Waals surface area (Å²) in [5.74, 6) is -1.32. The first-order valence-corrected chi connectivity index (χ1v) is 6.52. The molecule has 0 aliphatic rings. The maximum atomic E-state index is 12.4. The van der Waals surface area contributed by atoms with E-state index < -0.39 is 5.97 Å². The van der Waals surface area contributed by atoms with Crippen LogP contribution in [0.5, 0.6) is 0 Å². The van der Waals surface area contributed by atoms with Gasteiger partial charge in [0.05, 0.1) is 12.2 Å². The van der Waals surface area contributed by atoms with Crippen LogP contribution in [0.3, 0.4) is 0 Å². The molecule has 2 rings (SSSR count). The summed E-state index contributed by atoms with van der Waals surface area (Å²) in [6, 6.07) is 3.36. The van der Waals surface area contributed by atoms with E-state index in [2.05, 4.69) is 10.2 Å². The lowest BCUT2D eigenvalue weighted by molar-refractivity contribution is -0.137. The Hall–Kier alpha value is -2.64. The first-order valence-electron chi connectivity index (χ1n) is 6.52. The number of nitrogens with zero attached hydrogens (tertiary/aromatic N) is 5. The number of hydrogen-bond acceptors (Lipinski definition) is 4. The van der Waals surface area contributed by atoms with Gasteiger partial charge in [-0.2, -0.15) is 10.2 Å². The SMILES string of the molecule is CCn1nccc1CN(C)C(=O)c1ccnn1CC(=O)O. The van der Waals surface area contributed by atoms with Gasteiger partial charge in [-0.25, -0.2) is 4.68 Å². The van der Waals surface area contributed by atoms with Gasteiger partial charge >= 0.3 is 5.97 Å². The van der Waals surface area contributed by atoms with E-state index in [-0.39, 0.29) is 18.1 Å².